The number of hydrogen-bond donors (Lipinski definition) is 2. The molecule has 1 atom stereocenters. The molecular formula is C15H16N6O. The lowest BCUT2D eigenvalue weighted by molar-refractivity contribution is 0.498. The van der Waals surface area contributed by atoms with Crippen molar-refractivity contribution in [3.8, 4) is 0 Å². The van der Waals surface area contributed by atoms with Gasteiger partial charge in [-0.25, -0.2) is 15.0 Å². The number of aromatic nitrogens is 5. The molecule has 7 heteroatoms. The minimum Gasteiger partial charge on any atom is -0.355 e. The molecule has 22 heavy (non-hydrogen) atoms. The van der Waals surface area contributed by atoms with Crippen LogP contribution in [0.1, 0.15) is 24.5 Å². The van der Waals surface area contributed by atoms with Gasteiger partial charge in [-0.2, -0.15) is 0 Å². The molecule has 0 unspecified atom stereocenters. The molecule has 0 saturated carbocycles. The van der Waals surface area contributed by atoms with Crippen molar-refractivity contribution >= 4 is 16.9 Å². The highest BCUT2D eigenvalue weighted by molar-refractivity contribution is 5.87. The van der Waals surface area contributed by atoms with Crippen molar-refractivity contribution in [3.63, 3.8) is 0 Å². The summed E-state index contributed by atoms with van der Waals surface area (Å²) in [7, 11) is 0. The number of piperidine rings is 1. The summed E-state index contributed by atoms with van der Waals surface area (Å²) in [4.78, 5) is 32.4. The van der Waals surface area contributed by atoms with Crippen molar-refractivity contribution in [2.24, 2.45) is 0 Å². The molecule has 7 nitrogen and oxygen atoms in total. The number of nitrogens with zero attached hydrogens (tertiary/aromatic N) is 4. The van der Waals surface area contributed by atoms with Gasteiger partial charge in [-0.15, -0.1) is 0 Å². The monoisotopic (exact) mass is 296 g/mol. The molecule has 2 N–H and O–H groups in total. The molecule has 3 aromatic heterocycles. The summed E-state index contributed by atoms with van der Waals surface area (Å²) in [5.41, 5.74) is 1.60. The second-order valence-corrected chi connectivity index (χ2v) is 5.56. The maximum Gasteiger partial charge on any atom is 0.250 e. The Labute approximate surface area is 126 Å². The maximum atomic E-state index is 11.5. The molecule has 0 aromatic carbocycles. The Morgan fingerprint density at radius 2 is 2.18 bits per heavy atom. The Morgan fingerprint density at radius 3 is 3.09 bits per heavy atom. The first-order chi connectivity index (χ1) is 10.8. The average molecular weight is 296 g/mol. The first kappa shape index (κ1) is 13.0. The summed E-state index contributed by atoms with van der Waals surface area (Å²) in [6.07, 6.45) is 7.03. The number of aromatic amines is 2. The van der Waals surface area contributed by atoms with E-state index in [1.165, 1.54) is 6.33 Å². The Balaban J connectivity index is 1.66. The van der Waals surface area contributed by atoms with E-state index in [1.54, 1.807) is 12.4 Å². The SMILES string of the molecule is O=c1cc([C@H]2CCCN(c3ncnc4[nH]ccc34)C2)nc[nH]1. The number of H-pyrrole nitrogens is 2. The number of hydrogen-bond acceptors (Lipinski definition) is 5. The van der Waals surface area contributed by atoms with E-state index in [1.807, 2.05) is 12.3 Å². The van der Waals surface area contributed by atoms with E-state index in [2.05, 4.69) is 29.8 Å². The lowest BCUT2D eigenvalue weighted by atomic mass is 9.94. The van der Waals surface area contributed by atoms with E-state index < -0.39 is 0 Å². The van der Waals surface area contributed by atoms with Gasteiger partial charge in [-0.05, 0) is 18.9 Å². The van der Waals surface area contributed by atoms with E-state index in [0.29, 0.717) is 0 Å². The van der Waals surface area contributed by atoms with Crippen LogP contribution in [0.3, 0.4) is 0 Å². The van der Waals surface area contributed by atoms with Crippen molar-refractivity contribution in [1.82, 2.24) is 24.9 Å². The van der Waals surface area contributed by atoms with Gasteiger partial charge in [0.2, 0.25) is 0 Å². The van der Waals surface area contributed by atoms with E-state index >= 15 is 0 Å². The lowest BCUT2D eigenvalue weighted by Crippen LogP contribution is -2.35. The van der Waals surface area contributed by atoms with Crippen LogP contribution in [-0.2, 0) is 0 Å². The molecule has 1 saturated heterocycles. The largest absolute Gasteiger partial charge is 0.355 e. The number of nitrogens with one attached hydrogen (secondary N) is 2. The van der Waals surface area contributed by atoms with Crippen LogP contribution in [0.5, 0.6) is 0 Å². The first-order valence-electron chi connectivity index (χ1n) is 7.39. The van der Waals surface area contributed by atoms with Gasteiger partial charge in [0.15, 0.2) is 0 Å². The Kier molecular flexibility index (Phi) is 3.10. The zero-order valence-electron chi connectivity index (χ0n) is 12.0. The Morgan fingerprint density at radius 1 is 1.23 bits per heavy atom. The zero-order chi connectivity index (χ0) is 14.9. The smallest absolute Gasteiger partial charge is 0.250 e. The van der Waals surface area contributed by atoms with Crippen molar-refractivity contribution in [2.75, 3.05) is 18.0 Å². The van der Waals surface area contributed by atoms with Gasteiger partial charge in [0.25, 0.3) is 5.56 Å². The minimum absolute atomic E-state index is 0.0998. The minimum atomic E-state index is -0.0998. The molecule has 1 fully saturated rings. The van der Waals surface area contributed by atoms with Gasteiger partial charge in [-0.1, -0.05) is 0 Å². The molecule has 0 amide bonds. The Bertz CT molecular complexity index is 854. The van der Waals surface area contributed by atoms with Crippen LogP contribution >= 0.6 is 0 Å². The normalized spacial score (nSPS) is 18.7. The molecule has 4 rings (SSSR count). The third-order valence-corrected chi connectivity index (χ3v) is 4.17. The van der Waals surface area contributed by atoms with Gasteiger partial charge in [-0.3, -0.25) is 4.79 Å². The molecule has 4 heterocycles. The van der Waals surface area contributed by atoms with Crippen molar-refractivity contribution in [1.29, 1.82) is 0 Å². The molecule has 0 aliphatic carbocycles. The van der Waals surface area contributed by atoms with E-state index in [-0.39, 0.29) is 11.5 Å². The molecule has 112 valence electrons. The van der Waals surface area contributed by atoms with Gasteiger partial charge in [0, 0.05) is 31.3 Å². The highest BCUT2D eigenvalue weighted by Gasteiger charge is 2.24. The van der Waals surface area contributed by atoms with E-state index in [0.717, 1.165) is 48.5 Å². The molecular weight excluding hydrogens is 280 g/mol. The molecule has 1 aliphatic rings. The zero-order valence-corrected chi connectivity index (χ0v) is 12.0. The van der Waals surface area contributed by atoms with Crippen LogP contribution in [0, 0.1) is 0 Å². The van der Waals surface area contributed by atoms with Crippen molar-refractivity contribution < 1.29 is 0 Å². The molecule has 1 aliphatic heterocycles. The van der Waals surface area contributed by atoms with Crippen LogP contribution in [0.15, 0.2) is 35.8 Å². The quantitative estimate of drug-likeness (QED) is 0.746. The predicted octanol–water partition coefficient (Wildman–Crippen LogP) is 1.43. The second kappa shape index (κ2) is 5.25. The maximum absolute atomic E-state index is 11.5. The molecule has 0 radical (unpaired) electrons. The third kappa shape index (κ3) is 2.24. The van der Waals surface area contributed by atoms with Gasteiger partial charge in [0.1, 0.15) is 17.8 Å². The number of rotatable bonds is 2. The molecule has 3 aromatic rings. The Hall–Kier alpha value is -2.70. The fourth-order valence-corrected chi connectivity index (χ4v) is 3.13. The fourth-order valence-electron chi connectivity index (χ4n) is 3.13. The van der Waals surface area contributed by atoms with Gasteiger partial charge >= 0.3 is 0 Å². The van der Waals surface area contributed by atoms with Gasteiger partial charge in [0.05, 0.1) is 17.4 Å². The van der Waals surface area contributed by atoms with Crippen LogP contribution in [0.2, 0.25) is 0 Å². The molecule has 0 spiro atoms. The summed E-state index contributed by atoms with van der Waals surface area (Å²) >= 11 is 0. The number of anilines is 1. The standard InChI is InChI=1S/C15H16N6O/c22-13-6-12(17-8-18-13)10-2-1-5-21(7-10)15-11-3-4-16-14(11)19-9-20-15/h3-4,6,8-10H,1-2,5,7H2,(H,16,19,20)(H,17,18,22)/t10-/m0/s1. The first-order valence-corrected chi connectivity index (χ1v) is 7.39. The number of fused-ring (bicyclic) bond motifs is 1. The predicted molar refractivity (Wildman–Crippen MR) is 82.9 cm³/mol. The third-order valence-electron chi connectivity index (χ3n) is 4.17. The highest BCUT2D eigenvalue weighted by atomic mass is 16.1. The van der Waals surface area contributed by atoms with Crippen LogP contribution in [0.25, 0.3) is 11.0 Å². The van der Waals surface area contributed by atoms with E-state index in [9.17, 15) is 4.79 Å². The fraction of sp³-hybridized carbons (Fsp3) is 0.333. The summed E-state index contributed by atoms with van der Waals surface area (Å²) in [6, 6.07) is 3.60. The van der Waals surface area contributed by atoms with Crippen LogP contribution in [-0.4, -0.2) is 38.0 Å². The summed E-state index contributed by atoms with van der Waals surface area (Å²) in [5.74, 6) is 1.20. The van der Waals surface area contributed by atoms with Crippen LogP contribution < -0.4 is 10.5 Å². The topological polar surface area (TPSA) is 90.6 Å². The van der Waals surface area contributed by atoms with Crippen molar-refractivity contribution in [2.45, 2.75) is 18.8 Å². The van der Waals surface area contributed by atoms with Crippen LogP contribution in [0.4, 0.5) is 5.82 Å². The summed E-state index contributed by atoms with van der Waals surface area (Å²) < 4.78 is 0. The molecule has 0 bridgehead atoms. The second-order valence-electron chi connectivity index (χ2n) is 5.56. The summed E-state index contributed by atoms with van der Waals surface area (Å²) in [5, 5.41) is 1.03. The average Bonchev–Trinajstić information content (AvgIpc) is 3.03. The van der Waals surface area contributed by atoms with Gasteiger partial charge < -0.3 is 14.9 Å². The summed E-state index contributed by atoms with van der Waals surface area (Å²) in [6.45, 7) is 1.77. The van der Waals surface area contributed by atoms with Crippen molar-refractivity contribution in [3.05, 3.63) is 47.0 Å². The lowest BCUT2D eigenvalue weighted by Gasteiger charge is -2.33. The van der Waals surface area contributed by atoms with E-state index in [4.69, 9.17) is 0 Å². The highest BCUT2D eigenvalue weighted by Crippen LogP contribution is 2.30.